The summed E-state index contributed by atoms with van der Waals surface area (Å²) < 4.78 is 6.21. The van der Waals surface area contributed by atoms with Gasteiger partial charge >= 0.3 is 0 Å². The molecule has 3 aromatic rings. The van der Waals surface area contributed by atoms with Crippen molar-refractivity contribution in [2.24, 2.45) is 0 Å². The van der Waals surface area contributed by atoms with Gasteiger partial charge in [0.25, 0.3) is 11.5 Å². The fourth-order valence-electron chi connectivity index (χ4n) is 3.40. The predicted molar refractivity (Wildman–Crippen MR) is 128 cm³/mol. The Labute approximate surface area is 189 Å². The summed E-state index contributed by atoms with van der Waals surface area (Å²) in [5.74, 6) is 3.39. The highest BCUT2D eigenvalue weighted by Gasteiger charge is 2.17. The van der Waals surface area contributed by atoms with Gasteiger partial charge in [0.1, 0.15) is 11.6 Å². The number of H-pyrrole nitrogens is 1. The molecule has 1 amide bonds. The van der Waals surface area contributed by atoms with Crippen molar-refractivity contribution in [3.8, 4) is 5.75 Å². The molecule has 8 heteroatoms. The molecule has 1 fully saturated rings. The van der Waals surface area contributed by atoms with E-state index >= 15 is 0 Å². The van der Waals surface area contributed by atoms with Gasteiger partial charge in [-0.2, -0.15) is 0 Å². The van der Waals surface area contributed by atoms with Gasteiger partial charge in [-0.15, -0.1) is 23.5 Å². The van der Waals surface area contributed by atoms with Crippen LogP contribution in [0.15, 0.2) is 53.3 Å². The molecule has 4 rings (SSSR count). The molecule has 1 aliphatic heterocycles. The van der Waals surface area contributed by atoms with Crippen LogP contribution in [0.5, 0.6) is 5.75 Å². The Morgan fingerprint density at radius 3 is 2.65 bits per heavy atom. The predicted octanol–water partition coefficient (Wildman–Crippen LogP) is 4.22. The fraction of sp³-hybridized carbons (Fsp3) is 0.348. The number of nitrogens with zero attached hydrogens (tertiary/aromatic N) is 2. The maximum absolute atomic E-state index is 12.7. The van der Waals surface area contributed by atoms with Crippen LogP contribution < -0.4 is 10.3 Å². The summed E-state index contributed by atoms with van der Waals surface area (Å²) >= 11 is 3.96. The molecule has 0 unspecified atom stereocenters. The highest BCUT2D eigenvalue weighted by Crippen LogP contribution is 2.43. The van der Waals surface area contributed by atoms with Gasteiger partial charge in [0.2, 0.25) is 0 Å². The number of carbonyl (C=O) groups excluding carboxylic acids is 1. The number of benzene rings is 2. The summed E-state index contributed by atoms with van der Waals surface area (Å²) in [6, 6.07) is 15.2. The molecule has 0 radical (unpaired) electrons. The first kappa shape index (κ1) is 21.8. The lowest BCUT2D eigenvalue weighted by molar-refractivity contribution is -0.133. The normalized spacial score (nSPS) is 14.5. The molecule has 1 N–H and O–H groups in total. The highest BCUT2D eigenvalue weighted by atomic mass is 32.2. The third-order valence-electron chi connectivity index (χ3n) is 5.08. The average molecular weight is 456 g/mol. The SMILES string of the molecule is CCN(Cc1nc2ccccc2c(=O)[nH]1)C(=O)COc1ccc(C2SCCCS2)cc1. The number of thioether (sulfide) groups is 2. The van der Waals surface area contributed by atoms with Gasteiger partial charge in [-0.3, -0.25) is 9.59 Å². The molecule has 162 valence electrons. The zero-order chi connectivity index (χ0) is 21.6. The minimum atomic E-state index is -0.199. The van der Waals surface area contributed by atoms with Gasteiger partial charge in [-0.05, 0) is 54.7 Å². The maximum Gasteiger partial charge on any atom is 0.260 e. The lowest BCUT2D eigenvalue weighted by Crippen LogP contribution is -2.35. The standard InChI is InChI=1S/C23H25N3O3S2/c1-2-26(14-20-24-19-7-4-3-6-18(19)22(28)25-20)21(27)15-29-17-10-8-16(9-11-17)23-30-12-5-13-31-23/h3-4,6-11,23H,2,5,12-15H2,1H3,(H,24,25,28). The van der Waals surface area contributed by atoms with Crippen molar-refractivity contribution >= 4 is 40.3 Å². The minimum Gasteiger partial charge on any atom is -0.484 e. The first-order chi connectivity index (χ1) is 15.1. The maximum atomic E-state index is 12.7. The lowest BCUT2D eigenvalue weighted by atomic mass is 10.2. The van der Waals surface area contributed by atoms with Gasteiger partial charge in [0, 0.05) is 6.54 Å². The Kier molecular flexibility index (Phi) is 7.19. The number of hydrogen-bond donors (Lipinski definition) is 1. The number of rotatable bonds is 7. The second kappa shape index (κ2) is 10.2. The van der Waals surface area contributed by atoms with Crippen molar-refractivity contribution in [1.29, 1.82) is 0 Å². The number of amides is 1. The Morgan fingerprint density at radius 1 is 1.16 bits per heavy atom. The van der Waals surface area contributed by atoms with Crippen LogP contribution in [-0.4, -0.2) is 45.4 Å². The zero-order valence-corrected chi connectivity index (χ0v) is 19.0. The number of para-hydroxylation sites is 1. The number of aromatic amines is 1. The summed E-state index contributed by atoms with van der Waals surface area (Å²) in [4.78, 5) is 33.8. The largest absolute Gasteiger partial charge is 0.484 e. The van der Waals surface area contributed by atoms with E-state index < -0.39 is 0 Å². The van der Waals surface area contributed by atoms with E-state index in [2.05, 4.69) is 22.1 Å². The number of hydrogen-bond acceptors (Lipinski definition) is 6. The van der Waals surface area contributed by atoms with E-state index in [4.69, 9.17) is 4.74 Å². The molecule has 0 aliphatic carbocycles. The van der Waals surface area contributed by atoms with E-state index in [1.807, 2.05) is 48.6 Å². The third kappa shape index (κ3) is 5.43. The van der Waals surface area contributed by atoms with E-state index in [1.165, 1.54) is 23.5 Å². The molecule has 1 aromatic heterocycles. The van der Waals surface area contributed by atoms with Crippen molar-refractivity contribution in [1.82, 2.24) is 14.9 Å². The number of nitrogens with one attached hydrogen (secondary N) is 1. The van der Waals surface area contributed by atoms with Crippen LogP contribution in [0.3, 0.4) is 0 Å². The molecule has 31 heavy (non-hydrogen) atoms. The molecule has 2 heterocycles. The minimum absolute atomic E-state index is 0.0576. The molecule has 2 aromatic carbocycles. The molecule has 1 saturated heterocycles. The third-order valence-corrected chi connectivity index (χ3v) is 8.09. The number of likely N-dealkylation sites (N-methyl/N-ethyl adjacent to an activating group) is 1. The first-order valence-electron chi connectivity index (χ1n) is 10.4. The quantitative estimate of drug-likeness (QED) is 0.575. The lowest BCUT2D eigenvalue weighted by Gasteiger charge is -2.22. The van der Waals surface area contributed by atoms with Crippen LogP contribution in [0.25, 0.3) is 10.9 Å². The smallest absolute Gasteiger partial charge is 0.260 e. The average Bonchev–Trinajstić information content (AvgIpc) is 2.82. The molecular weight excluding hydrogens is 430 g/mol. The van der Waals surface area contributed by atoms with Crippen molar-refractivity contribution in [3.05, 3.63) is 70.3 Å². The summed E-state index contributed by atoms with van der Waals surface area (Å²) in [7, 11) is 0. The van der Waals surface area contributed by atoms with Crippen LogP contribution in [-0.2, 0) is 11.3 Å². The topological polar surface area (TPSA) is 75.3 Å². The number of aromatic nitrogens is 2. The van der Waals surface area contributed by atoms with Gasteiger partial charge in [0.05, 0.1) is 22.0 Å². The number of carbonyl (C=O) groups is 1. The van der Waals surface area contributed by atoms with Crippen LogP contribution in [0.2, 0.25) is 0 Å². The Balaban J connectivity index is 1.36. The summed E-state index contributed by atoms with van der Waals surface area (Å²) in [5, 5.41) is 0.539. The summed E-state index contributed by atoms with van der Waals surface area (Å²) in [6.07, 6.45) is 1.27. The van der Waals surface area contributed by atoms with E-state index in [0.29, 0.717) is 33.6 Å². The molecule has 0 saturated carbocycles. The second-order valence-corrected chi connectivity index (χ2v) is 9.95. The van der Waals surface area contributed by atoms with Crippen molar-refractivity contribution in [2.75, 3.05) is 24.7 Å². The van der Waals surface area contributed by atoms with Crippen LogP contribution in [0.1, 0.15) is 29.3 Å². The Bertz CT molecular complexity index is 1100. The molecule has 6 nitrogen and oxygen atoms in total. The zero-order valence-electron chi connectivity index (χ0n) is 17.4. The molecular formula is C23H25N3O3S2. The summed E-state index contributed by atoms with van der Waals surface area (Å²) in [6.45, 7) is 2.56. The Morgan fingerprint density at radius 2 is 1.90 bits per heavy atom. The fourth-order valence-corrected chi connectivity index (χ4v) is 6.30. The van der Waals surface area contributed by atoms with Gasteiger partial charge in [0.15, 0.2) is 6.61 Å². The molecule has 0 spiro atoms. The highest BCUT2D eigenvalue weighted by molar-refractivity contribution is 8.16. The molecule has 0 atom stereocenters. The van der Waals surface area contributed by atoms with Crippen molar-refractivity contribution in [2.45, 2.75) is 24.5 Å². The monoisotopic (exact) mass is 455 g/mol. The first-order valence-corrected chi connectivity index (χ1v) is 12.5. The van der Waals surface area contributed by atoms with E-state index in [-0.39, 0.29) is 24.6 Å². The molecule has 0 bridgehead atoms. The van der Waals surface area contributed by atoms with Crippen LogP contribution in [0.4, 0.5) is 0 Å². The number of fused-ring (bicyclic) bond motifs is 1. The van der Waals surface area contributed by atoms with Crippen LogP contribution in [0, 0.1) is 0 Å². The van der Waals surface area contributed by atoms with Gasteiger partial charge < -0.3 is 14.6 Å². The van der Waals surface area contributed by atoms with E-state index in [9.17, 15) is 9.59 Å². The number of ether oxygens (including phenoxy) is 1. The van der Waals surface area contributed by atoms with Gasteiger partial charge in [-0.25, -0.2) is 4.98 Å². The summed E-state index contributed by atoms with van der Waals surface area (Å²) in [5.41, 5.74) is 1.71. The van der Waals surface area contributed by atoms with Crippen molar-refractivity contribution in [3.63, 3.8) is 0 Å². The van der Waals surface area contributed by atoms with E-state index in [0.717, 1.165) is 0 Å². The van der Waals surface area contributed by atoms with Gasteiger partial charge in [-0.1, -0.05) is 24.3 Å². The Hall–Kier alpha value is -2.45. The van der Waals surface area contributed by atoms with E-state index in [1.54, 1.807) is 23.1 Å². The second-order valence-electron chi connectivity index (χ2n) is 7.22. The van der Waals surface area contributed by atoms with Crippen LogP contribution >= 0.6 is 23.5 Å². The molecule has 1 aliphatic rings. The van der Waals surface area contributed by atoms with Crippen molar-refractivity contribution < 1.29 is 9.53 Å².